The number of carbonyl (C=O) groups excluding carboxylic acids is 1. The predicted octanol–water partition coefficient (Wildman–Crippen LogP) is 3.85. The van der Waals surface area contributed by atoms with Gasteiger partial charge < -0.3 is 0 Å². The van der Waals surface area contributed by atoms with E-state index in [-0.39, 0.29) is 5.91 Å². The number of hydrogen-bond donors (Lipinski definition) is 0. The van der Waals surface area contributed by atoms with Crippen molar-refractivity contribution in [3.63, 3.8) is 0 Å². The highest BCUT2D eigenvalue weighted by Gasteiger charge is 2.19. The Hall–Kier alpha value is -2.92. The van der Waals surface area contributed by atoms with Crippen LogP contribution in [0.2, 0.25) is 5.02 Å². The van der Waals surface area contributed by atoms with Crippen LogP contribution in [0.3, 0.4) is 0 Å². The lowest BCUT2D eigenvalue weighted by molar-refractivity contribution is 0.0947. The molecule has 4 aromatic rings. The van der Waals surface area contributed by atoms with Gasteiger partial charge in [0.2, 0.25) is 0 Å². The Kier molecular flexibility index (Phi) is 3.43. The lowest BCUT2D eigenvalue weighted by Gasteiger charge is -2.07. The van der Waals surface area contributed by atoms with Gasteiger partial charge in [0.05, 0.1) is 23.3 Å². The Morgan fingerprint density at radius 3 is 2.67 bits per heavy atom. The minimum atomic E-state index is -0.211. The van der Waals surface area contributed by atoms with Crippen LogP contribution in [0.25, 0.3) is 17.0 Å². The highest BCUT2D eigenvalue weighted by atomic mass is 35.5. The maximum Gasteiger partial charge on any atom is 0.278 e. The molecule has 0 bridgehead atoms. The van der Waals surface area contributed by atoms with Gasteiger partial charge in [-0.25, -0.2) is 4.98 Å². The average Bonchev–Trinajstić information content (AvgIpc) is 3.17. The van der Waals surface area contributed by atoms with E-state index in [0.29, 0.717) is 16.3 Å². The summed E-state index contributed by atoms with van der Waals surface area (Å²) in [5, 5.41) is 4.80. The molecule has 3 heterocycles. The molecule has 0 saturated carbocycles. The first-order chi connectivity index (χ1) is 11.6. The monoisotopic (exact) mass is 336 g/mol. The second-order valence-electron chi connectivity index (χ2n) is 5.41. The molecular weight excluding hydrogens is 324 g/mol. The molecule has 5 nitrogen and oxygen atoms in total. The molecule has 118 valence electrons. The van der Waals surface area contributed by atoms with Crippen molar-refractivity contribution in [2.24, 2.45) is 0 Å². The van der Waals surface area contributed by atoms with Gasteiger partial charge in [-0.1, -0.05) is 17.7 Å². The summed E-state index contributed by atoms with van der Waals surface area (Å²) >= 11 is 5.89. The van der Waals surface area contributed by atoms with Gasteiger partial charge in [0.25, 0.3) is 5.91 Å². The second kappa shape index (κ2) is 5.62. The molecule has 6 heteroatoms. The number of halogens is 1. The van der Waals surface area contributed by atoms with E-state index < -0.39 is 0 Å². The number of carbonyl (C=O) groups is 1. The van der Waals surface area contributed by atoms with Gasteiger partial charge in [-0.2, -0.15) is 9.78 Å². The summed E-state index contributed by atoms with van der Waals surface area (Å²) in [5.74, 6) is -0.211. The predicted molar refractivity (Wildman–Crippen MR) is 92.3 cm³/mol. The third-order valence-corrected chi connectivity index (χ3v) is 4.13. The Labute approximate surface area is 143 Å². The van der Waals surface area contributed by atoms with Crippen LogP contribution in [0.15, 0.2) is 60.9 Å². The number of imidazole rings is 1. The first-order valence-electron chi connectivity index (χ1n) is 7.43. The summed E-state index contributed by atoms with van der Waals surface area (Å²) in [6.45, 7) is 1.92. The first kappa shape index (κ1) is 14.7. The molecular formula is C18H13ClN4O. The Bertz CT molecular complexity index is 1050. The number of benzene rings is 1. The Balaban J connectivity index is 1.87. The summed E-state index contributed by atoms with van der Waals surface area (Å²) in [5.41, 5.74) is 3.75. The first-order valence-corrected chi connectivity index (χ1v) is 7.81. The summed E-state index contributed by atoms with van der Waals surface area (Å²) in [4.78, 5) is 17.4. The number of nitrogens with zero attached hydrogens (tertiary/aromatic N) is 4. The average molecular weight is 337 g/mol. The zero-order valence-corrected chi connectivity index (χ0v) is 13.6. The molecule has 4 rings (SSSR count). The molecule has 0 aliphatic rings. The standard InChI is InChI=1S/C18H13ClN4O/c1-12-17(22-11-3-2-4-16(22)21-12)15-9-10-20-23(15)18(24)13-5-7-14(19)8-6-13/h2-11H,1H3. The minimum absolute atomic E-state index is 0.211. The van der Waals surface area contributed by atoms with Crippen molar-refractivity contribution < 1.29 is 4.79 Å². The molecule has 0 amide bonds. The fourth-order valence-electron chi connectivity index (χ4n) is 2.78. The number of fused-ring (bicyclic) bond motifs is 1. The maximum absolute atomic E-state index is 12.8. The van der Waals surface area contributed by atoms with E-state index in [9.17, 15) is 4.79 Å². The number of aromatic nitrogens is 4. The molecule has 0 atom stereocenters. The van der Waals surface area contributed by atoms with E-state index in [2.05, 4.69) is 10.1 Å². The lowest BCUT2D eigenvalue weighted by atomic mass is 10.2. The molecule has 0 aliphatic carbocycles. The van der Waals surface area contributed by atoms with E-state index in [1.54, 1.807) is 30.5 Å². The van der Waals surface area contributed by atoms with Crippen molar-refractivity contribution in [2.45, 2.75) is 6.92 Å². The van der Waals surface area contributed by atoms with E-state index in [0.717, 1.165) is 17.0 Å². The summed E-state index contributed by atoms with van der Waals surface area (Å²) in [6.07, 6.45) is 3.54. The smallest absolute Gasteiger partial charge is 0.278 e. The molecule has 0 aliphatic heterocycles. The summed E-state index contributed by atoms with van der Waals surface area (Å²) in [7, 11) is 0. The van der Waals surface area contributed by atoms with E-state index in [4.69, 9.17) is 11.6 Å². The van der Waals surface area contributed by atoms with Crippen molar-refractivity contribution in [3.05, 3.63) is 77.2 Å². The van der Waals surface area contributed by atoms with Crippen molar-refractivity contribution in [1.29, 1.82) is 0 Å². The van der Waals surface area contributed by atoms with E-state index in [1.165, 1.54) is 4.68 Å². The normalized spacial score (nSPS) is 11.1. The summed E-state index contributed by atoms with van der Waals surface area (Å²) in [6, 6.07) is 14.4. The maximum atomic E-state index is 12.8. The topological polar surface area (TPSA) is 52.2 Å². The van der Waals surface area contributed by atoms with E-state index in [1.807, 2.05) is 41.8 Å². The summed E-state index contributed by atoms with van der Waals surface area (Å²) < 4.78 is 3.35. The van der Waals surface area contributed by atoms with Gasteiger partial charge in [-0.05, 0) is 49.4 Å². The second-order valence-corrected chi connectivity index (χ2v) is 5.85. The van der Waals surface area contributed by atoms with Crippen LogP contribution >= 0.6 is 11.6 Å². The SMILES string of the molecule is Cc1nc2ccccn2c1-c1ccnn1C(=O)c1ccc(Cl)cc1. The van der Waals surface area contributed by atoms with Crippen molar-refractivity contribution in [1.82, 2.24) is 19.2 Å². The lowest BCUT2D eigenvalue weighted by Crippen LogP contribution is -2.15. The molecule has 0 unspecified atom stereocenters. The molecule has 0 N–H and O–H groups in total. The van der Waals surface area contributed by atoms with Crippen LogP contribution in [0.4, 0.5) is 0 Å². The zero-order chi connectivity index (χ0) is 16.7. The van der Waals surface area contributed by atoms with Crippen molar-refractivity contribution in [2.75, 3.05) is 0 Å². The molecule has 0 radical (unpaired) electrons. The third kappa shape index (κ3) is 2.30. The highest BCUT2D eigenvalue weighted by Crippen LogP contribution is 2.25. The molecule has 0 fully saturated rings. The molecule has 24 heavy (non-hydrogen) atoms. The quantitative estimate of drug-likeness (QED) is 0.558. The number of rotatable bonds is 2. The number of hydrogen-bond acceptors (Lipinski definition) is 3. The fraction of sp³-hybridized carbons (Fsp3) is 0.0556. The van der Waals surface area contributed by atoms with Crippen molar-refractivity contribution >= 4 is 23.2 Å². The van der Waals surface area contributed by atoms with Crippen molar-refractivity contribution in [3.8, 4) is 11.4 Å². The van der Waals surface area contributed by atoms with Gasteiger partial charge >= 0.3 is 0 Å². The van der Waals surface area contributed by atoms with Crippen LogP contribution in [0.1, 0.15) is 16.1 Å². The molecule has 1 aromatic carbocycles. The molecule has 0 saturated heterocycles. The van der Waals surface area contributed by atoms with Gasteiger partial charge in [-0.3, -0.25) is 9.20 Å². The van der Waals surface area contributed by atoms with Gasteiger partial charge in [0, 0.05) is 16.8 Å². The third-order valence-electron chi connectivity index (χ3n) is 3.87. The van der Waals surface area contributed by atoms with Crippen LogP contribution in [0, 0.1) is 6.92 Å². The molecule has 0 spiro atoms. The zero-order valence-electron chi connectivity index (χ0n) is 12.8. The van der Waals surface area contributed by atoms with Crippen LogP contribution in [-0.2, 0) is 0 Å². The fourth-order valence-corrected chi connectivity index (χ4v) is 2.91. The Morgan fingerprint density at radius 2 is 1.88 bits per heavy atom. The van der Waals surface area contributed by atoms with Gasteiger partial charge in [0.1, 0.15) is 5.65 Å². The van der Waals surface area contributed by atoms with Crippen LogP contribution < -0.4 is 0 Å². The number of pyridine rings is 1. The van der Waals surface area contributed by atoms with Crippen LogP contribution in [-0.4, -0.2) is 25.1 Å². The Morgan fingerprint density at radius 1 is 1.08 bits per heavy atom. The van der Waals surface area contributed by atoms with Gasteiger partial charge in [-0.15, -0.1) is 0 Å². The highest BCUT2D eigenvalue weighted by molar-refractivity contribution is 6.30. The molecule has 3 aromatic heterocycles. The van der Waals surface area contributed by atoms with Crippen LogP contribution in [0.5, 0.6) is 0 Å². The van der Waals surface area contributed by atoms with Gasteiger partial charge in [0.15, 0.2) is 0 Å². The minimum Gasteiger partial charge on any atom is -0.298 e. The number of aryl methyl sites for hydroxylation is 1. The largest absolute Gasteiger partial charge is 0.298 e. The van der Waals surface area contributed by atoms with E-state index >= 15 is 0 Å².